The summed E-state index contributed by atoms with van der Waals surface area (Å²) >= 11 is 0. The highest BCUT2D eigenvalue weighted by atomic mass is 19.1. The average molecular weight is 208 g/mol. The SMILES string of the molecule is CC(C)OCc1nc2ccc(F)cc2[nH]1. The van der Waals surface area contributed by atoms with Crippen LogP contribution in [0.4, 0.5) is 4.39 Å². The Kier molecular flexibility index (Phi) is 2.68. The number of hydrogen-bond donors (Lipinski definition) is 1. The van der Waals surface area contributed by atoms with Gasteiger partial charge in [0.2, 0.25) is 0 Å². The molecule has 0 fully saturated rings. The second kappa shape index (κ2) is 3.98. The molecule has 0 bridgehead atoms. The molecule has 0 aliphatic heterocycles. The van der Waals surface area contributed by atoms with Crippen LogP contribution in [-0.4, -0.2) is 16.1 Å². The van der Waals surface area contributed by atoms with Gasteiger partial charge in [0, 0.05) is 0 Å². The van der Waals surface area contributed by atoms with E-state index in [9.17, 15) is 4.39 Å². The maximum atomic E-state index is 12.9. The highest BCUT2D eigenvalue weighted by Crippen LogP contribution is 2.13. The van der Waals surface area contributed by atoms with Crippen molar-refractivity contribution in [3.05, 3.63) is 29.8 Å². The maximum absolute atomic E-state index is 12.9. The lowest BCUT2D eigenvalue weighted by atomic mass is 10.3. The van der Waals surface area contributed by atoms with Crippen LogP contribution in [0.1, 0.15) is 19.7 Å². The lowest BCUT2D eigenvalue weighted by molar-refractivity contribution is 0.0618. The summed E-state index contributed by atoms with van der Waals surface area (Å²) in [5.74, 6) is 0.465. The fourth-order valence-electron chi connectivity index (χ4n) is 1.35. The van der Waals surface area contributed by atoms with E-state index in [-0.39, 0.29) is 11.9 Å². The summed E-state index contributed by atoms with van der Waals surface area (Å²) in [6.45, 7) is 4.35. The zero-order valence-electron chi connectivity index (χ0n) is 8.75. The van der Waals surface area contributed by atoms with Gasteiger partial charge in [-0.25, -0.2) is 9.37 Å². The van der Waals surface area contributed by atoms with Gasteiger partial charge in [0.15, 0.2) is 0 Å². The smallest absolute Gasteiger partial charge is 0.133 e. The third-order valence-corrected chi connectivity index (χ3v) is 2.05. The Morgan fingerprint density at radius 2 is 2.27 bits per heavy atom. The zero-order valence-corrected chi connectivity index (χ0v) is 8.75. The molecule has 0 radical (unpaired) electrons. The molecule has 3 nitrogen and oxygen atoms in total. The minimum Gasteiger partial charge on any atom is -0.371 e. The standard InChI is InChI=1S/C11H13FN2O/c1-7(2)15-6-11-13-9-4-3-8(12)5-10(9)14-11/h3-5,7H,6H2,1-2H3,(H,13,14). The Bertz CT molecular complexity index is 465. The van der Waals surface area contributed by atoms with Crippen LogP contribution in [0, 0.1) is 5.82 Å². The first-order valence-electron chi connectivity index (χ1n) is 4.91. The van der Waals surface area contributed by atoms with Crippen molar-refractivity contribution in [2.45, 2.75) is 26.6 Å². The lowest BCUT2D eigenvalue weighted by Gasteiger charge is -2.03. The predicted molar refractivity (Wildman–Crippen MR) is 56.0 cm³/mol. The third-order valence-electron chi connectivity index (χ3n) is 2.05. The van der Waals surface area contributed by atoms with Crippen LogP contribution < -0.4 is 0 Å². The molecule has 0 atom stereocenters. The second-order valence-electron chi connectivity index (χ2n) is 3.70. The predicted octanol–water partition coefficient (Wildman–Crippen LogP) is 2.63. The van der Waals surface area contributed by atoms with Crippen molar-refractivity contribution in [2.75, 3.05) is 0 Å². The zero-order chi connectivity index (χ0) is 10.8. The second-order valence-corrected chi connectivity index (χ2v) is 3.70. The number of aromatic nitrogens is 2. The number of benzene rings is 1. The van der Waals surface area contributed by atoms with Crippen molar-refractivity contribution in [3.8, 4) is 0 Å². The van der Waals surface area contributed by atoms with Gasteiger partial charge in [-0.1, -0.05) is 0 Å². The molecule has 80 valence electrons. The Hall–Kier alpha value is -1.42. The number of fused-ring (bicyclic) bond motifs is 1. The molecule has 0 saturated heterocycles. The summed E-state index contributed by atoms with van der Waals surface area (Å²) in [4.78, 5) is 7.29. The molecular formula is C11H13FN2O. The molecule has 1 aromatic heterocycles. The molecule has 2 aromatic rings. The molecular weight excluding hydrogens is 195 g/mol. The summed E-state index contributed by atoms with van der Waals surface area (Å²) in [6.07, 6.45) is 0.162. The number of rotatable bonds is 3. The number of nitrogens with zero attached hydrogens (tertiary/aromatic N) is 1. The monoisotopic (exact) mass is 208 g/mol. The van der Waals surface area contributed by atoms with E-state index in [0.29, 0.717) is 12.1 Å². The van der Waals surface area contributed by atoms with Gasteiger partial charge in [-0.15, -0.1) is 0 Å². The van der Waals surface area contributed by atoms with Gasteiger partial charge in [-0.3, -0.25) is 0 Å². The van der Waals surface area contributed by atoms with Crippen LogP contribution in [0.15, 0.2) is 18.2 Å². The quantitative estimate of drug-likeness (QED) is 0.842. The first kappa shape index (κ1) is 10.1. The van der Waals surface area contributed by atoms with Crippen LogP contribution >= 0.6 is 0 Å². The fourth-order valence-corrected chi connectivity index (χ4v) is 1.35. The summed E-state index contributed by atoms with van der Waals surface area (Å²) in [6, 6.07) is 4.48. The number of halogens is 1. The molecule has 1 aromatic carbocycles. The molecule has 0 unspecified atom stereocenters. The highest BCUT2D eigenvalue weighted by Gasteiger charge is 2.04. The molecule has 4 heteroatoms. The van der Waals surface area contributed by atoms with Crippen molar-refractivity contribution >= 4 is 11.0 Å². The van der Waals surface area contributed by atoms with Gasteiger partial charge >= 0.3 is 0 Å². The summed E-state index contributed by atoms with van der Waals surface area (Å²) in [5, 5.41) is 0. The van der Waals surface area contributed by atoms with Crippen LogP contribution in [-0.2, 0) is 11.3 Å². The summed E-state index contributed by atoms with van der Waals surface area (Å²) < 4.78 is 18.3. The number of H-pyrrole nitrogens is 1. The lowest BCUT2D eigenvalue weighted by Crippen LogP contribution is -2.03. The van der Waals surface area contributed by atoms with Crippen molar-refractivity contribution in [1.82, 2.24) is 9.97 Å². The van der Waals surface area contributed by atoms with Crippen LogP contribution in [0.5, 0.6) is 0 Å². The topological polar surface area (TPSA) is 37.9 Å². The normalized spacial score (nSPS) is 11.5. The number of nitrogens with one attached hydrogen (secondary N) is 1. The first-order valence-corrected chi connectivity index (χ1v) is 4.91. The van der Waals surface area contributed by atoms with Gasteiger partial charge in [0.05, 0.1) is 17.1 Å². The molecule has 2 rings (SSSR count). The van der Waals surface area contributed by atoms with Gasteiger partial charge in [0.1, 0.15) is 18.2 Å². The van der Waals surface area contributed by atoms with E-state index in [1.165, 1.54) is 12.1 Å². The fraction of sp³-hybridized carbons (Fsp3) is 0.364. The molecule has 0 amide bonds. The van der Waals surface area contributed by atoms with Crippen molar-refractivity contribution in [2.24, 2.45) is 0 Å². The molecule has 0 aliphatic carbocycles. The highest BCUT2D eigenvalue weighted by molar-refractivity contribution is 5.74. The molecule has 15 heavy (non-hydrogen) atoms. The first-order chi connectivity index (χ1) is 7.15. The van der Waals surface area contributed by atoms with E-state index in [0.717, 1.165) is 11.3 Å². The van der Waals surface area contributed by atoms with Gasteiger partial charge in [-0.05, 0) is 32.0 Å². The van der Waals surface area contributed by atoms with Gasteiger partial charge < -0.3 is 9.72 Å². The Morgan fingerprint density at radius 3 is 3.00 bits per heavy atom. The average Bonchev–Trinajstić information content (AvgIpc) is 2.56. The van der Waals surface area contributed by atoms with Crippen molar-refractivity contribution in [1.29, 1.82) is 0 Å². The summed E-state index contributed by atoms with van der Waals surface area (Å²) in [7, 11) is 0. The van der Waals surface area contributed by atoms with Crippen LogP contribution in [0.25, 0.3) is 11.0 Å². The number of ether oxygens (including phenoxy) is 1. The van der Waals surface area contributed by atoms with E-state index in [1.54, 1.807) is 6.07 Å². The van der Waals surface area contributed by atoms with Crippen molar-refractivity contribution < 1.29 is 9.13 Å². The molecule has 0 spiro atoms. The maximum Gasteiger partial charge on any atom is 0.133 e. The van der Waals surface area contributed by atoms with Crippen molar-refractivity contribution in [3.63, 3.8) is 0 Å². The van der Waals surface area contributed by atoms with E-state index >= 15 is 0 Å². The number of hydrogen-bond acceptors (Lipinski definition) is 2. The Balaban J connectivity index is 2.23. The number of imidazole rings is 1. The molecule has 0 aliphatic rings. The molecule has 1 N–H and O–H groups in total. The van der Waals surface area contributed by atoms with E-state index < -0.39 is 0 Å². The van der Waals surface area contributed by atoms with E-state index in [2.05, 4.69) is 9.97 Å². The molecule has 1 heterocycles. The van der Waals surface area contributed by atoms with Crippen LogP contribution in [0.3, 0.4) is 0 Å². The minimum absolute atomic E-state index is 0.162. The van der Waals surface area contributed by atoms with Crippen LogP contribution in [0.2, 0.25) is 0 Å². The Morgan fingerprint density at radius 1 is 1.47 bits per heavy atom. The van der Waals surface area contributed by atoms with E-state index in [1.807, 2.05) is 13.8 Å². The van der Waals surface area contributed by atoms with E-state index in [4.69, 9.17) is 4.74 Å². The molecule has 0 saturated carbocycles. The van der Waals surface area contributed by atoms with Gasteiger partial charge in [-0.2, -0.15) is 0 Å². The largest absolute Gasteiger partial charge is 0.371 e. The minimum atomic E-state index is -0.262. The van der Waals surface area contributed by atoms with Gasteiger partial charge in [0.25, 0.3) is 0 Å². The third kappa shape index (κ3) is 2.33. The summed E-state index contributed by atoms with van der Waals surface area (Å²) in [5.41, 5.74) is 1.47. The Labute approximate surface area is 87.3 Å². The number of aromatic amines is 1.